The number of para-hydroxylation sites is 1. The second-order valence-corrected chi connectivity index (χ2v) is 8.77. The van der Waals surface area contributed by atoms with Gasteiger partial charge in [-0.3, -0.25) is 10.1 Å². The molecular formula is C25H28N8O3. The van der Waals surface area contributed by atoms with Crippen LogP contribution in [0.1, 0.15) is 36.8 Å². The van der Waals surface area contributed by atoms with Crippen LogP contribution >= 0.6 is 0 Å². The van der Waals surface area contributed by atoms with Gasteiger partial charge in [0, 0.05) is 43.9 Å². The molecule has 0 saturated carbocycles. The minimum absolute atomic E-state index is 0.0523. The standard InChI is InChI=1S/C25H28N8O3/c34-33(35)21-11-9-19(10-12-21)18-36-22-8-2-1-7-20(22)17-26-30-23-27-24(31-13-3-4-14-31)29-25(28-23)32-15-5-6-16-32/h1-2,7-12,17H,3-6,13-16,18H2,(H,27,28,29,30)/b26-17+. The molecule has 36 heavy (non-hydrogen) atoms. The topological polar surface area (TPSA) is 122 Å². The summed E-state index contributed by atoms with van der Waals surface area (Å²) in [7, 11) is 0. The molecule has 1 N–H and O–H groups in total. The number of rotatable bonds is 9. The third-order valence-electron chi connectivity index (χ3n) is 6.22. The number of nitrogens with one attached hydrogen (secondary N) is 1. The molecule has 2 aromatic carbocycles. The van der Waals surface area contributed by atoms with Crippen LogP contribution in [0, 0.1) is 10.1 Å². The Kier molecular flexibility index (Phi) is 7.15. The van der Waals surface area contributed by atoms with Gasteiger partial charge < -0.3 is 14.5 Å². The number of anilines is 3. The first-order valence-corrected chi connectivity index (χ1v) is 12.2. The van der Waals surface area contributed by atoms with Crippen LogP contribution in [-0.4, -0.2) is 52.3 Å². The van der Waals surface area contributed by atoms with Crippen LogP contribution in [0.5, 0.6) is 5.75 Å². The van der Waals surface area contributed by atoms with E-state index in [1.54, 1.807) is 18.3 Å². The van der Waals surface area contributed by atoms with Gasteiger partial charge in [0.05, 0.1) is 11.1 Å². The number of nitro benzene ring substituents is 1. The molecule has 5 rings (SSSR count). The predicted molar refractivity (Wildman–Crippen MR) is 138 cm³/mol. The molecule has 0 aliphatic carbocycles. The van der Waals surface area contributed by atoms with Crippen molar-refractivity contribution in [3.63, 3.8) is 0 Å². The number of hydrazone groups is 1. The first-order valence-electron chi connectivity index (χ1n) is 12.2. The molecule has 0 amide bonds. The lowest BCUT2D eigenvalue weighted by atomic mass is 10.2. The zero-order valence-corrected chi connectivity index (χ0v) is 19.9. The molecule has 186 valence electrons. The van der Waals surface area contributed by atoms with Gasteiger partial charge in [0.2, 0.25) is 17.8 Å². The molecule has 2 aliphatic rings. The summed E-state index contributed by atoms with van der Waals surface area (Å²) < 4.78 is 5.96. The van der Waals surface area contributed by atoms with Gasteiger partial charge in [-0.1, -0.05) is 12.1 Å². The van der Waals surface area contributed by atoms with E-state index < -0.39 is 4.92 Å². The van der Waals surface area contributed by atoms with Crippen LogP contribution < -0.4 is 20.0 Å². The molecule has 0 bridgehead atoms. The van der Waals surface area contributed by atoms with Gasteiger partial charge in [0.25, 0.3) is 5.69 Å². The number of hydrogen-bond donors (Lipinski definition) is 1. The van der Waals surface area contributed by atoms with Gasteiger partial charge >= 0.3 is 0 Å². The Labute approximate surface area is 209 Å². The summed E-state index contributed by atoms with van der Waals surface area (Å²) in [5.41, 5.74) is 4.64. The second kappa shape index (κ2) is 11.0. The van der Waals surface area contributed by atoms with Crippen molar-refractivity contribution in [2.24, 2.45) is 5.10 Å². The molecule has 0 atom stereocenters. The van der Waals surface area contributed by atoms with E-state index in [0.717, 1.165) is 63.0 Å². The van der Waals surface area contributed by atoms with E-state index in [-0.39, 0.29) is 12.3 Å². The van der Waals surface area contributed by atoms with Crippen molar-refractivity contribution < 1.29 is 9.66 Å². The molecule has 11 heteroatoms. The third kappa shape index (κ3) is 5.68. The Bertz CT molecular complexity index is 1190. The summed E-state index contributed by atoms with van der Waals surface area (Å²) in [6.45, 7) is 4.08. The van der Waals surface area contributed by atoms with Crippen molar-refractivity contribution in [1.29, 1.82) is 0 Å². The summed E-state index contributed by atoms with van der Waals surface area (Å²) >= 11 is 0. The highest BCUT2D eigenvalue weighted by Gasteiger charge is 2.21. The molecule has 0 radical (unpaired) electrons. The van der Waals surface area contributed by atoms with Crippen LogP contribution in [0.4, 0.5) is 23.5 Å². The Balaban J connectivity index is 1.28. The van der Waals surface area contributed by atoms with E-state index in [9.17, 15) is 10.1 Å². The van der Waals surface area contributed by atoms with E-state index >= 15 is 0 Å². The quantitative estimate of drug-likeness (QED) is 0.270. The van der Waals surface area contributed by atoms with Gasteiger partial charge in [-0.2, -0.15) is 20.1 Å². The fourth-order valence-electron chi connectivity index (χ4n) is 4.27. The van der Waals surface area contributed by atoms with Crippen molar-refractivity contribution in [1.82, 2.24) is 15.0 Å². The fraction of sp³-hybridized carbons (Fsp3) is 0.360. The average molecular weight is 489 g/mol. The van der Waals surface area contributed by atoms with Gasteiger partial charge in [-0.05, 0) is 55.5 Å². The van der Waals surface area contributed by atoms with E-state index in [4.69, 9.17) is 9.72 Å². The van der Waals surface area contributed by atoms with Crippen molar-refractivity contribution in [2.45, 2.75) is 32.3 Å². The number of nitro groups is 1. The molecule has 3 heterocycles. The van der Waals surface area contributed by atoms with Crippen LogP contribution in [0.2, 0.25) is 0 Å². The highest BCUT2D eigenvalue weighted by molar-refractivity contribution is 5.83. The molecular weight excluding hydrogens is 460 g/mol. The number of non-ortho nitro benzene ring substituents is 1. The average Bonchev–Trinajstić information content (AvgIpc) is 3.63. The lowest BCUT2D eigenvalue weighted by Gasteiger charge is -2.20. The highest BCUT2D eigenvalue weighted by atomic mass is 16.6. The van der Waals surface area contributed by atoms with Crippen LogP contribution in [-0.2, 0) is 6.61 Å². The monoisotopic (exact) mass is 488 g/mol. The molecule has 0 unspecified atom stereocenters. The van der Waals surface area contributed by atoms with Crippen molar-refractivity contribution >= 4 is 29.7 Å². The predicted octanol–water partition coefficient (Wildman–Crippen LogP) is 4.01. The van der Waals surface area contributed by atoms with Crippen LogP contribution in [0.15, 0.2) is 53.6 Å². The lowest BCUT2D eigenvalue weighted by molar-refractivity contribution is -0.384. The summed E-state index contributed by atoms with van der Waals surface area (Å²) in [5, 5.41) is 15.2. The van der Waals surface area contributed by atoms with E-state index in [2.05, 4.69) is 30.3 Å². The summed E-state index contributed by atoms with van der Waals surface area (Å²) in [5.74, 6) is 2.43. The molecule has 11 nitrogen and oxygen atoms in total. The van der Waals surface area contributed by atoms with Gasteiger partial charge in [0.1, 0.15) is 12.4 Å². The van der Waals surface area contributed by atoms with Gasteiger partial charge in [-0.15, -0.1) is 0 Å². The zero-order chi connectivity index (χ0) is 24.7. The Morgan fingerprint density at radius 2 is 1.53 bits per heavy atom. The SMILES string of the molecule is O=[N+]([O-])c1ccc(COc2ccccc2/C=N/Nc2nc(N3CCCC3)nc(N3CCCC3)n2)cc1. The maximum absolute atomic E-state index is 10.8. The lowest BCUT2D eigenvalue weighted by Crippen LogP contribution is -2.25. The van der Waals surface area contributed by atoms with Crippen molar-refractivity contribution in [3.05, 3.63) is 69.8 Å². The second-order valence-electron chi connectivity index (χ2n) is 8.77. The zero-order valence-electron chi connectivity index (χ0n) is 19.9. The molecule has 0 spiro atoms. The number of hydrogen-bond acceptors (Lipinski definition) is 10. The number of ether oxygens (including phenoxy) is 1. The Morgan fingerprint density at radius 3 is 2.14 bits per heavy atom. The highest BCUT2D eigenvalue weighted by Crippen LogP contribution is 2.23. The Hall–Kier alpha value is -4.28. The van der Waals surface area contributed by atoms with Crippen molar-refractivity contribution in [2.75, 3.05) is 41.4 Å². The molecule has 2 aliphatic heterocycles. The van der Waals surface area contributed by atoms with Crippen LogP contribution in [0.25, 0.3) is 0 Å². The van der Waals surface area contributed by atoms with E-state index in [1.807, 2.05) is 24.3 Å². The summed E-state index contributed by atoms with van der Waals surface area (Å²) in [6, 6.07) is 13.9. The fourth-order valence-corrected chi connectivity index (χ4v) is 4.27. The minimum atomic E-state index is -0.419. The molecule has 2 fully saturated rings. The van der Waals surface area contributed by atoms with Crippen molar-refractivity contribution in [3.8, 4) is 5.75 Å². The van der Waals surface area contributed by atoms with Gasteiger partial charge in [0.15, 0.2) is 0 Å². The molecule has 1 aromatic heterocycles. The molecule has 3 aromatic rings. The number of aromatic nitrogens is 3. The van der Waals surface area contributed by atoms with Gasteiger partial charge in [-0.25, -0.2) is 5.43 Å². The summed E-state index contributed by atoms with van der Waals surface area (Å²) in [6.07, 6.45) is 6.23. The van der Waals surface area contributed by atoms with Crippen LogP contribution in [0.3, 0.4) is 0 Å². The number of nitrogens with zero attached hydrogens (tertiary/aromatic N) is 7. The van der Waals surface area contributed by atoms with E-state index in [0.29, 0.717) is 23.6 Å². The largest absolute Gasteiger partial charge is 0.488 e. The first kappa shape index (κ1) is 23.5. The first-order chi connectivity index (χ1) is 17.7. The Morgan fingerprint density at radius 1 is 0.917 bits per heavy atom. The normalized spacial score (nSPS) is 15.6. The summed E-state index contributed by atoms with van der Waals surface area (Å²) in [4.78, 5) is 28.8. The van der Waals surface area contributed by atoms with E-state index in [1.165, 1.54) is 12.1 Å². The maximum atomic E-state index is 10.8. The minimum Gasteiger partial charge on any atom is -0.488 e. The smallest absolute Gasteiger partial charge is 0.269 e. The maximum Gasteiger partial charge on any atom is 0.269 e. The number of benzene rings is 2. The third-order valence-corrected chi connectivity index (χ3v) is 6.22. The molecule has 2 saturated heterocycles.